The van der Waals surface area contributed by atoms with Gasteiger partial charge in [0.2, 0.25) is 5.43 Å². The summed E-state index contributed by atoms with van der Waals surface area (Å²) < 4.78 is 71.2. The van der Waals surface area contributed by atoms with Crippen LogP contribution in [0.25, 0.3) is 16.7 Å². The van der Waals surface area contributed by atoms with Gasteiger partial charge < -0.3 is 39.6 Å². The highest BCUT2D eigenvalue weighted by Gasteiger charge is 2.58. The summed E-state index contributed by atoms with van der Waals surface area (Å²) >= 11 is 0. The highest BCUT2D eigenvalue weighted by atomic mass is 31.2. The highest BCUT2D eigenvalue weighted by Crippen LogP contribution is 2.60. The Kier molecular flexibility index (Phi) is 7.20. The van der Waals surface area contributed by atoms with Gasteiger partial charge in [0.25, 0.3) is 0 Å². The Balaban J connectivity index is 1.41. The quantitative estimate of drug-likeness (QED) is 0.202. The maximum atomic E-state index is 15.2. The second kappa shape index (κ2) is 10.2. The van der Waals surface area contributed by atoms with E-state index in [0.717, 1.165) is 29.0 Å². The Hall–Kier alpha value is -3.79. The predicted octanol–water partition coefficient (Wildman–Crippen LogP) is 1.30. The molecule has 1 aliphatic heterocycles. The summed E-state index contributed by atoms with van der Waals surface area (Å²) in [5, 5.41) is 11.2. The molecule has 42 heavy (non-hydrogen) atoms. The average Bonchev–Trinajstić information content (AvgIpc) is 3.28. The van der Waals surface area contributed by atoms with Gasteiger partial charge in [-0.05, 0) is 18.2 Å². The van der Waals surface area contributed by atoms with Crippen LogP contribution in [0, 0.1) is 29.3 Å². The number of ether oxygens (including phenoxy) is 1. The number of aromatic carboxylic acids is 1. The van der Waals surface area contributed by atoms with Crippen molar-refractivity contribution in [1.82, 2.24) is 14.9 Å². The van der Waals surface area contributed by atoms with Gasteiger partial charge in [0.1, 0.15) is 17.2 Å². The summed E-state index contributed by atoms with van der Waals surface area (Å²) in [5.41, 5.74) is -5.61. The number of hydrogen-bond acceptors (Lipinski definition) is 8. The van der Waals surface area contributed by atoms with Crippen molar-refractivity contribution in [1.29, 1.82) is 0 Å². The van der Waals surface area contributed by atoms with Gasteiger partial charge in [0.15, 0.2) is 17.3 Å². The average molecular weight is 634 g/mol. The Morgan fingerprint density at radius 1 is 1.02 bits per heavy atom. The lowest BCUT2D eigenvalue weighted by atomic mass is 10.1. The number of halogens is 3. The zero-order valence-corrected chi connectivity index (χ0v) is 22.5. The molecule has 3 atom stereocenters. The van der Waals surface area contributed by atoms with Gasteiger partial charge in [-0.1, -0.05) is 0 Å². The van der Waals surface area contributed by atoms with Crippen LogP contribution in [-0.4, -0.2) is 71.0 Å². The van der Waals surface area contributed by atoms with E-state index in [1.165, 1.54) is 4.90 Å². The summed E-state index contributed by atoms with van der Waals surface area (Å²) in [7, 11) is -11.0. The first-order chi connectivity index (χ1) is 19.5. The summed E-state index contributed by atoms with van der Waals surface area (Å²) in [6.45, 7) is 0.0988. The lowest BCUT2D eigenvalue weighted by Gasteiger charge is -2.23. The second-order valence-corrected chi connectivity index (χ2v) is 13.3. The van der Waals surface area contributed by atoms with Gasteiger partial charge in [0, 0.05) is 43.2 Å². The Labute approximate surface area is 231 Å². The fourth-order valence-corrected chi connectivity index (χ4v) is 7.00. The molecule has 2 aromatic heterocycles. The van der Waals surface area contributed by atoms with Crippen molar-refractivity contribution in [3.63, 3.8) is 0 Å². The number of anilines is 1. The number of fused-ring (bicyclic) bond motifs is 2. The van der Waals surface area contributed by atoms with E-state index in [-0.39, 0.29) is 42.1 Å². The van der Waals surface area contributed by atoms with Crippen LogP contribution in [0.15, 0.2) is 35.3 Å². The van der Waals surface area contributed by atoms with Crippen molar-refractivity contribution in [2.45, 2.75) is 11.6 Å². The third-order valence-corrected chi connectivity index (χ3v) is 10.0. The SMILES string of the molecule is O=C(NC1[C@H]2CN(c3nc4c(cc3F)c(=O)c(C(=O)O)cn4-c3ccc(F)cc3F)C[C@@H]12)OC(P(=O)(O)O)P(=O)(O)O. The molecule has 15 nitrogen and oxygen atoms in total. The van der Waals surface area contributed by atoms with Crippen LogP contribution in [-0.2, 0) is 13.9 Å². The van der Waals surface area contributed by atoms with Gasteiger partial charge in [-0.25, -0.2) is 27.7 Å². The molecule has 2 fully saturated rings. The largest absolute Gasteiger partial charge is 0.477 e. The van der Waals surface area contributed by atoms with Crippen molar-refractivity contribution in [2.75, 3.05) is 18.0 Å². The number of aromatic nitrogens is 2. The molecule has 2 aliphatic rings. The zero-order valence-electron chi connectivity index (χ0n) is 20.7. The Morgan fingerprint density at radius 2 is 1.64 bits per heavy atom. The molecule has 224 valence electrons. The number of alkyl carbamates (subject to hydrolysis) is 1. The van der Waals surface area contributed by atoms with Gasteiger partial charge in [0.05, 0.1) is 11.1 Å². The van der Waals surface area contributed by atoms with Crippen LogP contribution in [0.4, 0.5) is 23.8 Å². The number of pyridine rings is 2. The van der Waals surface area contributed by atoms with E-state index < -0.39 is 72.7 Å². The fraction of sp³-hybridized carbons (Fsp3) is 0.273. The smallest absolute Gasteiger partial charge is 0.408 e. The summed E-state index contributed by atoms with van der Waals surface area (Å²) in [4.78, 5) is 78.4. The molecule has 0 spiro atoms. The predicted molar refractivity (Wildman–Crippen MR) is 135 cm³/mol. The third kappa shape index (κ3) is 5.40. The van der Waals surface area contributed by atoms with Gasteiger partial charge in [-0.15, -0.1) is 0 Å². The van der Waals surface area contributed by atoms with E-state index in [2.05, 4.69) is 15.0 Å². The molecule has 1 saturated heterocycles. The number of nitrogens with zero attached hydrogens (tertiary/aromatic N) is 3. The van der Waals surface area contributed by atoms with Crippen molar-refractivity contribution in [3.05, 3.63) is 63.7 Å². The van der Waals surface area contributed by atoms with Crippen molar-refractivity contribution < 1.29 is 61.3 Å². The molecule has 1 unspecified atom stereocenters. The first-order valence-corrected chi connectivity index (χ1v) is 15.1. The number of carboxylic acid groups (broad SMARTS) is 1. The number of benzene rings is 1. The summed E-state index contributed by atoms with van der Waals surface area (Å²) in [6, 6.07) is 2.48. The lowest BCUT2D eigenvalue weighted by molar-refractivity contribution is 0.0695. The number of hydrogen-bond donors (Lipinski definition) is 6. The Bertz CT molecular complexity index is 1780. The second-order valence-electron chi connectivity index (χ2n) is 9.62. The first-order valence-electron chi connectivity index (χ1n) is 11.7. The maximum Gasteiger partial charge on any atom is 0.408 e. The fourth-order valence-electron chi connectivity index (χ4n) is 4.96. The number of carbonyl (C=O) groups is 2. The lowest BCUT2D eigenvalue weighted by Crippen LogP contribution is -2.37. The van der Waals surface area contributed by atoms with Crippen LogP contribution in [0.1, 0.15) is 10.4 Å². The standard InChI is InChI=1S/C22H19F3N4O11P2/c23-8-1-2-15(13(24)3-8)29-7-12(20(31)32)17(30)9-4-14(25)19(27-18(9)29)28-5-10-11(6-28)16(10)26-21(33)40-22(41(34,35)36)42(37,38)39/h1-4,7,10-11,16,22H,5-6H2,(H,26,33)(H,31,32)(H2,34,35,36)(H2,37,38,39)/t10-,11+,16?. The van der Waals surface area contributed by atoms with Gasteiger partial charge >= 0.3 is 32.8 Å². The Morgan fingerprint density at radius 3 is 2.19 bits per heavy atom. The topological polar surface area (TPSA) is 229 Å². The molecule has 0 bridgehead atoms. The van der Waals surface area contributed by atoms with Gasteiger partial charge in [-0.3, -0.25) is 18.5 Å². The molecule has 5 rings (SSSR count). The molecule has 1 saturated carbocycles. The number of amides is 1. The van der Waals surface area contributed by atoms with Crippen molar-refractivity contribution in [2.24, 2.45) is 11.8 Å². The molecule has 6 N–H and O–H groups in total. The van der Waals surface area contributed by atoms with Gasteiger partial charge in [-0.2, -0.15) is 0 Å². The first kappa shape index (κ1) is 29.7. The molecule has 1 amide bonds. The summed E-state index contributed by atoms with van der Waals surface area (Å²) in [5.74, 6) is -5.79. The maximum absolute atomic E-state index is 15.2. The van der Waals surface area contributed by atoms with E-state index in [1.807, 2.05) is 0 Å². The molecule has 3 heterocycles. The van der Waals surface area contributed by atoms with E-state index >= 15 is 4.39 Å². The van der Waals surface area contributed by atoms with E-state index in [0.29, 0.717) is 6.07 Å². The van der Waals surface area contributed by atoms with Crippen LogP contribution in [0.3, 0.4) is 0 Å². The zero-order chi connectivity index (χ0) is 30.9. The number of nitrogens with one attached hydrogen (secondary N) is 1. The minimum absolute atomic E-state index is 0.0494. The number of rotatable bonds is 7. The molecule has 1 aliphatic carbocycles. The molecule has 0 radical (unpaired) electrons. The highest BCUT2D eigenvalue weighted by molar-refractivity contribution is 7.70. The van der Waals surface area contributed by atoms with Crippen molar-refractivity contribution in [3.8, 4) is 5.69 Å². The normalized spacial score (nSPS) is 20.1. The molecule has 20 heteroatoms. The molecular weight excluding hydrogens is 615 g/mol. The number of piperidine rings is 1. The minimum Gasteiger partial charge on any atom is -0.477 e. The third-order valence-electron chi connectivity index (χ3n) is 6.88. The minimum atomic E-state index is -5.52. The van der Waals surface area contributed by atoms with Crippen LogP contribution >= 0.6 is 15.2 Å². The van der Waals surface area contributed by atoms with Crippen LogP contribution in [0.2, 0.25) is 0 Å². The van der Waals surface area contributed by atoms with E-state index in [4.69, 9.17) is 19.6 Å². The van der Waals surface area contributed by atoms with Crippen LogP contribution in [0.5, 0.6) is 0 Å². The van der Waals surface area contributed by atoms with E-state index in [1.54, 1.807) is 0 Å². The molecule has 3 aromatic rings. The van der Waals surface area contributed by atoms with E-state index in [9.17, 15) is 37.4 Å². The molecule has 1 aromatic carbocycles. The summed E-state index contributed by atoms with van der Waals surface area (Å²) in [6.07, 6.45) is -0.708. The molecular formula is C22H19F3N4O11P2. The number of carbonyl (C=O) groups excluding carboxylic acids is 1. The van der Waals surface area contributed by atoms with Crippen LogP contribution < -0.4 is 15.6 Å². The monoisotopic (exact) mass is 634 g/mol. The number of carboxylic acids is 1. The van der Waals surface area contributed by atoms with Crippen molar-refractivity contribution >= 4 is 44.1 Å².